The zero-order valence-corrected chi connectivity index (χ0v) is 12.2. The molecule has 0 aliphatic carbocycles. The lowest BCUT2D eigenvalue weighted by atomic mass is 10.1. The number of piperidine rings is 1. The van der Waals surface area contributed by atoms with Gasteiger partial charge in [-0.05, 0) is 25.9 Å². The molecule has 1 N–H and O–H groups in total. The maximum Gasteiger partial charge on any atom is 0.164 e. The maximum atomic E-state index is 4.25. The number of nitrogens with one attached hydrogen (secondary N) is 1. The lowest BCUT2D eigenvalue weighted by Gasteiger charge is -2.24. The minimum atomic E-state index is 0. The molecule has 0 radical (unpaired) electrons. The van der Waals surface area contributed by atoms with Crippen molar-refractivity contribution in [3.05, 3.63) is 36.7 Å². The molecule has 0 saturated carbocycles. The van der Waals surface area contributed by atoms with Gasteiger partial charge in [-0.2, -0.15) is 0 Å². The molecule has 1 aromatic carbocycles. The van der Waals surface area contributed by atoms with Crippen molar-refractivity contribution in [3.63, 3.8) is 0 Å². The number of rotatable bonds is 2. The molecule has 6 heteroatoms. The second-order valence-electron chi connectivity index (χ2n) is 4.41. The van der Waals surface area contributed by atoms with Gasteiger partial charge in [-0.3, -0.25) is 0 Å². The summed E-state index contributed by atoms with van der Waals surface area (Å²) in [5.41, 5.74) is 1.14. The van der Waals surface area contributed by atoms with Gasteiger partial charge in [-0.25, -0.2) is 0 Å². The van der Waals surface area contributed by atoms with Gasteiger partial charge in [0.05, 0.1) is 0 Å². The quantitative estimate of drug-likeness (QED) is 0.927. The zero-order chi connectivity index (χ0) is 11.5. The lowest BCUT2D eigenvalue weighted by molar-refractivity contribution is 0.370. The fraction of sp³-hybridized carbons (Fsp3) is 0.385. The molecule has 2 aromatic rings. The van der Waals surface area contributed by atoms with Crippen LogP contribution in [0, 0.1) is 0 Å². The van der Waals surface area contributed by atoms with E-state index in [0.717, 1.165) is 37.3 Å². The average molecular weight is 301 g/mol. The Kier molecular flexibility index (Phi) is 6.28. The van der Waals surface area contributed by atoms with Gasteiger partial charge >= 0.3 is 0 Å². The highest BCUT2D eigenvalue weighted by molar-refractivity contribution is 5.85. The van der Waals surface area contributed by atoms with Gasteiger partial charge in [0.25, 0.3) is 0 Å². The minimum absolute atomic E-state index is 0. The predicted molar refractivity (Wildman–Crippen MR) is 81.1 cm³/mol. The standard InChI is InChI=1S/C13H16N4.2ClH/c1-2-4-11(5-3-1)13-16-15-10-17(13)12-6-8-14-9-7-12;;/h1-5,10,12,14H,6-9H2;2*1H. The smallest absolute Gasteiger partial charge is 0.164 e. The third-order valence-corrected chi connectivity index (χ3v) is 3.31. The van der Waals surface area contributed by atoms with E-state index in [0.29, 0.717) is 6.04 Å². The van der Waals surface area contributed by atoms with E-state index in [1.54, 1.807) is 0 Å². The Hall–Kier alpha value is -1.10. The van der Waals surface area contributed by atoms with E-state index < -0.39 is 0 Å². The zero-order valence-electron chi connectivity index (χ0n) is 10.5. The van der Waals surface area contributed by atoms with Crippen LogP contribution in [0.2, 0.25) is 0 Å². The second-order valence-corrected chi connectivity index (χ2v) is 4.41. The number of hydrogen-bond donors (Lipinski definition) is 1. The van der Waals surface area contributed by atoms with Gasteiger partial charge < -0.3 is 9.88 Å². The lowest BCUT2D eigenvalue weighted by Crippen LogP contribution is -2.29. The Labute approximate surface area is 125 Å². The first-order chi connectivity index (χ1) is 8.45. The Morgan fingerprint density at radius 3 is 2.42 bits per heavy atom. The van der Waals surface area contributed by atoms with E-state index in [-0.39, 0.29) is 24.8 Å². The van der Waals surface area contributed by atoms with Gasteiger partial charge in [0.1, 0.15) is 6.33 Å². The molecule has 1 fully saturated rings. The third-order valence-electron chi connectivity index (χ3n) is 3.31. The average Bonchev–Trinajstić information content (AvgIpc) is 2.90. The summed E-state index contributed by atoms with van der Waals surface area (Å²) in [4.78, 5) is 0. The number of halogens is 2. The molecule has 0 spiro atoms. The van der Waals surface area contributed by atoms with Gasteiger partial charge in [-0.1, -0.05) is 30.3 Å². The van der Waals surface area contributed by atoms with Crippen molar-refractivity contribution in [1.82, 2.24) is 20.1 Å². The van der Waals surface area contributed by atoms with Crippen molar-refractivity contribution < 1.29 is 0 Å². The summed E-state index contributed by atoms with van der Waals surface area (Å²) in [6.45, 7) is 2.16. The first-order valence-electron chi connectivity index (χ1n) is 6.11. The summed E-state index contributed by atoms with van der Waals surface area (Å²) in [6.07, 6.45) is 4.16. The second kappa shape index (κ2) is 7.48. The van der Waals surface area contributed by atoms with E-state index in [1.165, 1.54) is 0 Å². The first kappa shape index (κ1) is 16.0. The molecule has 0 atom stereocenters. The predicted octanol–water partition coefficient (Wildman–Crippen LogP) is 2.71. The minimum Gasteiger partial charge on any atom is -0.317 e. The summed E-state index contributed by atoms with van der Waals surface area (Å²) in [5, 5.41) is 11.7. The largest absolute Gasteiger partial charge is 0.317 e. The number of benzene rings is 1. The Morgan fingerprint density at radius 1 is 1.05 bits per heavy atom. The van der Waals surface area contributed by atoms with Crippen LogP contribution in [0.5, 0.6) is 0 Å². The summed E-state index contributed by atoms with van der Waals surface area (Å²) in [7, 11) is 0. The monoisotopic (exact) mass is 300 g/mol. The molecule has 0 bridgehead atoms. The normalized spacial score (nSPS) is 15.4. The van der Waals surface area contributed by atoms with Crippen LogP contribution in [0.15, 0.2) is 36.7 Å². The van der Waals surface area contributed by atoms with Crippen LogP contribution < -0.4 is 5.32 Å². The van der Waals surface area contributed by atoms with Crippen molar-refractivity contribution in [1.29, 1.82) is 0 Å². The molecule has 0 amide bonds. The fourth-order valence-corrected chi connectivity index (χ4v) is 2.39. The number of nitrogens with zero attached hydrogens (tertiary/aromatic N) is 3. The van der Waals surface area contributed by atoms with E-state index in [1.807, 2.05) is 24.5 Å². The molecular formula is C13H18Cl2N4. The van der Waals surface area contributed by atoms with E-state index in [4.69, 9.17) is 0 Å². The Bertz CT molecular complexity index is 480. The SMILES string of the molecule is Cl.Cl.c1ccc(-c2nncn2C2CCNCC2)cc1. The molecule has 3 rings (SSSR count). The van der Waals surface area contributed by atoms with Crippen LogP contribution in [0.1, 0.15) is 18.9 Å². The van der Waals surface area contributed by atoms with Gasteiger partial charge in [0.15, 0.2) is 5.82 Å². The summed E-state index contributed by atoms with van der Waals surface area (Å²) in [6, 6.07) is 10.8. The molecular weight excluding hydrogens is 283 g/mol. The van der Waals surface area contributed by atoms with Crippen LogP contribution >= 0.6 is 24.8 Å². The van der Waals surface area contributed by atoms with Crippen LogP contribution in [-0.4, -0.2) is 27.9 Å². The molecule has 0 unspecified atom stereocenters. The molecule has 1 aliphatic rings. The summed E-state index contributed by atoms with van der Waals surface area (Å²) < 4.78 is 2.22. The Balaban J connectivity index is 0.000000902. The van der Waals surface area contributed by atoms with Crippen LogP contribution in [0.25, 0.3) is 11.4 Å². The first-order valence-corrected chi connectivity index (χ1v) is 6.11. The molecule has 1 saturated heterocycles. The van der Waals surface area contributed by atoms with Crippen molar-refractivity contribution in [2.24, 2.45) is 0 Å². The third kappa shape index (κ3) is 3.47. The Morgan fingerprint density at radius 2 is 1.74 bits per heavy atom. The van der Waals surface area contributed by atoms with Gasteiger partial charge in [0, 0.05) is 11.6 Å². The van der Waals surface area contributed by atoms with Crippen molar-refractivity contribution >= 4 is 24.8 Å². The van der Waals surface area contributed by atoms with Crippen molar-refractivity contribution in [2.75, 3.05) is 13.1 Å². The highest BCUT2D eigenvalue weighted by atomic mass is 35.5. The number of hydrogen-bond acceptors (Lipinski definition) is 3. The van der Waals surface area contributed by atoms with Gasteiger partial charge in [0.2, 0.25) is 0 Å². The van der Waals surface area contributed by atoms with E-state index >= 15 is 0 Å². The summed E-state index contributed by atoms with van der Waals surface area (Å²) in [5.74, 6) is 0.984. The van der Waals surface area contributed by atoms with E-state index in [2.05, 4.69) is 32.2 Å². The van der Waals surface area contributed by atoms with Crippen LogP contribution in [0.4, 0.5) is 0 Å². The summed E-state index contributed by atoms with van der Waals surface area (Å²) >= 11 is 0. The molecule has 19 heavy (non-hydrogen) atoms. The topological polar surface area (TPSA) is 42.7 Å². The molecule has 1 aromatic heterocycles. The van der Waals surface area contributed by atoms with Crippen LogP contribution in [-0.2, 0) is 0 Å². The highest BCUT2D eigenvalue weighted by Gasteiger charge is 2.18. The molecule has 1 aliphatic heterocycles. The molecule has 4 nitrogen and oxygen atoms in total. The number of aromatic nitrogens is 3. The highest BCUT2D eigenvalue weighted by Crippen LogP contribution is 2.24. The van der Waals surface area contributed by atoms with Crippen LogP contribution in [0.3, 0.4) is 0 Å². The fourth-order valence-electron chi connectivity index (χ4n) is 2.39. The van der Waals surface area contributed by atoms with Crippen molar-refractivity contribution in [3.8, 4) is 11.4 Å². The molecule has 2 heterocycles. The van der Waals surface area contributed by atoms with E-state index in [9.17, 15) is 0 Å². The maximum absolute atomic E-state index is 4.25. The van der Waals surface area contributed by atoms with Gasteiger partial charge in [-0.15, -0.1) is 35.0 Å². The van der Waals surface area contributed by atoms with Crippen molar-refractivity contribution in [2.45, 2.75) is 18.9 Å². The molecule has 104 valence electrons.